The van der Waals surface area contributed by atoms with Gasteiger partial charge >= 0.3 is 6.18 Å². The van der Waals surface area contributed by atoms with Crippen LogP contribution >= 0.6 is 11.6 Å². The molecule has 1 amide bonds. The predicted molar refractivity (Wildman–Crippen MR) is 128 cm³/mol. The summed E-state index contributed by atoms with van der Waals surface area (Å²) in [6.45, 7) is 3.57. The largest absolute Gasteiger partial charge is 0.416 e. The van der Waals surface area contributed by atoms with Gasteiger partial charge in [0.1, 0.15) is 11.6 Å². The van der Waals surface area contributed by atoms with E-state index in [-0.39, 0.29) is 16.3 Å². The highest BCUT2D eigenvalue weighted by molar-refractivity contribution is 6.34. The van der Waals surface area contributed by atoms with Crippen molar-refractivity contribution in [3.05, 3.63) is 100 Å². The molecule has 4 nitrogen and oxygen atoms in total. The number of nitrogens with one attached hydrogen (secondary N) is 1. The molecule has 0 bridgehead atoms. The molecule has 0 saturated heterocycles. The van der Waals surface area contributed by atoms with Crippen molar-refractivity contribution in [2.45, 2.75) is 19.6 Å². The Labute approximate surface area is 200 Å². The molecular formula is C26H21ClF3N3O. The molecule has 174 valence electrons. The SMILES string of the molecule is CCN(Cc1ccccc1)c1ccc(C=C(C#N)C(=O)Nc2cc(C(F)(F)F)ccc2Cl)cc1. The highest BCUT2D eigenvalue weighted by atomic mass is 35.5. The average molecular weight is 484 g/mol. The van der Waals surface area contributed by atoms with E-state index in [2.05, 4.69) is 10.2 Å². The zero-order valence-corrected chi connectivity index (χ0v) is 19.0. The summed E-state index contributed by atoms with van der Waals surface area (Å²) in [6.07, 6.45) is -3.22. The summed E-state index contributed by atoms with van der Waals surface area (Å²) in [6, 6.07) is 21.7. The van der Waals surface area contributed by atoms with Crippen LogP contribution in [0.15, 0.2) is 78.4 Å². The third-order valence-corrected chi connectivity index (χ3v) is 5.40. The lowest BCUT2D eigenvalue weighted by atomic mass is 10.1. The van der Waals surface area contributed by atoms with Gasteiger partial charge in [-0.3, -0.25) is 4.79 Å². The van der Waals surface area contributed by atoms with E-state index in [4.69, 9.17) is 11.6 Å². The van der Waals surface area contributed by atoms with Gasteiger partial charge in [-0.1, -0.05) is 54.1 Å². The normalized spacial score (nSPS) is 11.6. The summed E-state index contributed by atoms with van der Waals surface area (Å²) in [5, 5.41) is 11.7. The Kier molecular flexibility index (Phi) is 7.98. The lowest BCUT2D eigenvalue weighted by Gasteiger charge is -2.23. The molecule has 0 aliphatic rings. The molecular weight excluding hydrogens is 463 g/mol. The van der Waals surface area contributed by atoms with Crippen LogP contribution in [0.4, 0.5) is 24.5 Å². The highest BCUT2D eigenvalue weighted by Gasteiger charge is 2.31. The van der Waals surface area contributed by atoms with Gasteiger partial charge in [0, 0.05) is 18.8 Å². The number of rotatable bonds is 7. The molecule has 0 fully saturated rings. The number of benzene rings is 3. The molecule has 8 heteroatoms. The summed E-state index contributed by atoms with van der Waals surface area (Å²) < 4.78 is 38.9. The molecule has 1 N–H and O–H groups in total. The van der Waals surface area contributed by atoms with Crippen molar-refractivity contribution in [2.24, 2.45) is 0 Å². The van der Waals surface area contributed by atoms with Crippen LogP contribution in [-0.2, 0) is 17.5 Å². The van der Waals surface area contributed by atoms with Crippen molar-refractivity contribution in [2.75, 3.05) is 16.8 Å². The number of amides is 1. The van der Waals surface area contributed by atoms with Crippen LogP contribution in [0.5, 0.6) is 0 Å². The third-order valence-electron chi connectivity index (χ3n) is 5.07. The minimum Gasteiger partial charge on any atom is -0.367 e. The van der Waals surface area contributed by atoms with Crippen LogP contribution in [0.3, 0.4) is 0 Å². The van der Waals surface area contributed by atoms with Crippen molar-refractivity contribution < 1.29 is 18.0 Å². The second-order valence-electron chi connectivity index (χ2n) is 7.41. The Bertz CT molecular complexity index is 1220. The first kappa shape index (κ1) is 24.9. The van der Waals surface area contributed by atoms with Crippen molar-refractivity contribution in [1.82, 2.24) is 0 Å². The van der Waals surface area contributed by atoms with Crippen molar-refractivity contribution >= 4 is 35.0 Å². The number of carbonyl (C=O) groups is 1. The number of hydrogen-bond donors (Lipinski definition) is 1. The fourth-order valence-corrected chi connectivity index (χ4v) is 3.44. The second-order valence-corrected chi connectivity index (χ2v) is 7.81. The van der Waals surface area contributed by atoms with E-state index < -0.39 is 17.6 Å². The first-order chi connectivity index (χ1) is 16.2. The van der Waals surface area contributed by atoms with Gasteiger partial charge in [0.05, 0.1) is 16.3 Å². The summed E-state index contributed by atoms with van der Waals surface area (Å²) in [7, 11) is 0. The molecule has 3 rings (SSSR count). The van der Waals surface area contributed by atoms with E-state index in [1.807, 2.05) is 49.4 Å². The molecule has 0 aliphatic heterocycles. The van der Waals surface area contributed by atoms with Gasteiger partial charge in [-0.05, 0) is 54.5 Å². The van der Waals surface area contributed by atoms with Crippen LogP contribution in [0.1, 0.15) is 23.6 Å². The van der Waals surface area contributed by atoms with Crippen molar-refractivity contribution in [1.29, 1.82) is 5.26 Å². The van der Waals surface area contributed by atoms with E-state index in [1.165, 1.54) is 11.6 Å². The van der Waals surface area contributed by atoms with E-state index in [0.29, 0.717) is 5.56 Å². The minimum absolute atomic E-state index is 0.0685. The van der Waals surface area contributed by atoms with Gasteiger partial charge in [0.15, 0.2) is 0 Å². The summed E-state index contributed by atoms with van der Waals surface area (Å²) in [4.78, 5) is 14.7. The molecule has 0 atom stereocenters. The minimum atomic E-state index is -4.59. The summed E-state index contributed by atoms with van der Waals surface area (Å²) >= 11 is 5.93. The van der Waals surface area contributed by atoms with Crippen LogP contribution in [-0.4, -0.2) is 12.5 Å². The second kappa shape index (κ2) is 10.9. The number of hydrogen-bond acceptors (Lipinski definition) is 3. The molecule has 0 saturated carbocycles. The Hall–Kier alpha value is -3.76. The smallest absolute Gasteiger partial charge is 0.367 e. The van der Waals surface area contributed by atoms with Crippen LogP contribution in [0.2, 0.25) is 5.02 Å². The Morgan fingerprint density at radius 1 is 1.09 bits per heavy atom. The number of halogens is 4. The van der Waals surface area contributed by atoms with Gasteiger partial charge in [-0.15, -0.1) is 0 Å². The maximum atomic E-state index is 13.0. The van der Waals surface area contributed by atoms with Crippen LogP contribution in [0.25, 0.3) is 6.08 Å². The molecule has 0 radical (unpaired) electrons. The van der Waals surface area contributed by atoms with Crippen molar-refractivity contribution in [3.63, 3.8) is 0 Å². The van der Waals surface area contributed by atoms with E-state index in [9.17, 15) is 23.2 Å². The number of alkyl halides is 3. The van der Waals surface area contributed by atoms with E-state index in [0.717, 1.165) is 37.0 Å². The zero-order valence-electron chi connectivity index (χ0n) is 18.2. The molecule has 3 aromatic carbocycles. The molecule has 0 spiro atoms. The first-order valence-electron chi connectivity index (χ1n) is 10.4. The highest BCUT2D eigenvalue weighted by Crippen LogP contribution is 2.34. The van der Waals surface area contributed by atoms with Crippen molar-refractivity contribution in [3.8, 4) is 6.07 Å². The van der Waals surface area contributed by atoms with Gasteiger partial charge in [0.25, 0.3) is 5.91 Å². The third kappa shape index (κ3) is 6.40. The standard InChI is InChI=1S/C26H21ClF3N3O/c1-2-33(17-19-6-4-3-5-7-19)22-11-8-18(9-12-22)14-20(16-31)25(34)32-24-15-21(26(28,29)30)10-13-23(24)27/h3-15H,2,17H2,1H3,(H,32,34). The van der Waals surface area contributed by atoms with Gasteiger partial charge in [0.2, 0.25) is 0 Å². The number of carbonyl (C=O) groups excluding carboxylic acids is 1. The van der Waals surface area contributed by atoms with Crippen LogP contribution < -0.4 is 10.2 Å². The average Bonchev–Trinajstić information content (AvgIpc) is 2.82. The molecule has 0 aliphatic carbocycles. The quantitative estimate of drug-likeness (QED) is 0.293. The lowest BCUT2D eigenvalue weighted by molar-refractivity contribution is -0.137. The fourth-order valence-electron chi connectivity index (χ4n) is 3.27. The number of nitriles is 1. The molecule has 0 aromatic heterocycles. The number of anilines is 2. The van der Waals surface area contributed by atoms with Gasteiger partial charge < -0.3 is 10.2 Å². The summed E-state index contributed by atoms with van der Waals surface area (Å²) in [5.41, 5.74) is 1.30. The summed E-state index contributed by atoms with van der Waals surface area (Å²) in [5.74, 6) is -0.855. The number of nitrogens with zero attached hydrogens (tertiary/aromatic N) is 2. The van der Waals surface area contributed by atoms with Crippen LogP contribution in [0, 0.1) is 11.3 Å². The predicted octanol–water partition coefficient (Wildman–Crippen LogP) is 6.93. The Morgan fingerprint density at radius 2 is 1.76 bits per heavy atom. The molecule has 34 heavy (non-hydrogen) atoms. The van der Waals surface area contributed by atoms with E-state index >= 15 is 0 Å². The molecule has 0 heterocycles. The maximum absolute atomic E-state index is 13.0. The van der Waals surface area contributed by atoms with E-state index in [1.54, 1.807) is 18.2 Å². The van der Waals surface area contributed by atoms with Gasteiger partial charge in [-0.25, -0.2) is 0 Å². The topological polar surface area (TPSA) is 56.1 Å². The molecule has 0 unspecified atom stereocenters. The zero-order chi connectivity index (χ0) is 24.7. The first-order valence-corrected chi connectivity index (χ1v) is 10.8. The lowest BCUT2D eigenvalue weighted by Crippen LogP contribution is -2.21. The molecule has 3 aromatic rings. The Balaban J connectivity index is 1.76. The Morgan fingerprint density at radius 3 is 2.35 bits per heavy atom. The monoisotopic (exact) mass is 483 g/mol. The van der Waals surface area contributed by atoms with Gasteiger partial charge in [-0.2, -0.15) is 18.4 Å². The maximum Gasteiger partial charge on any atom is 0.416 e. The fraction of sp³-hybridized carbons (Fsp3) is 0.154.